The van der Waals surface area contributed by atoms with Gasteiger partial charge in [0.1, 0.15) is 11.6 Å². The molecule has 0 saturated carbocycles. The third-order valence-corrected chi connectivity index (χ3v) is 4.29. The molecule has 29 heavy (non-hydrogen) atoms. The third kappa shape index (κ3) is 5.69. The summed E-state index contributed by atoms with van der Waals surface area (Å²) in [6.45, 7) is 3.68. The van der Waals surface area contributed by atoms with Crippen molar-refractivity contribution < 1.29 is 23.8 Å². The van der Waals surface area contributed by atoms with Gasteiger partial charge in [-0.15, -0.1) is 0 Å². The second kappa shape index (κ2) is 10.1. The molecular weight excluding hydrogens is 370 g/mol. The van der Waals surface area contributed by atoms with Gasteiger partial charge in [0.15, 0.2) is 23.9 Å². The quantitative estimate of drug-likeness (QED) is 0.290. The summed E-state index contributed by atoms with van der Waals surface area (Å²) in [4.78, 5) is 24.5. The Kier molecular flexibility index (Phi) is 7.55. The van der Waals surface area contributed by atoms with Gasteiger partial charge in [0.2, 0.25) is 0 Å². The fraction of sp³-hybridized carbons (Fsp3) is 0.261. The van der Waals surface area contributed by atoms with Crippen molar-refractivity contribution in [1.29, 1.82) is 5.26 Å². The summed E-state index contributed by atoms with van der Waals surface area (Å²) in [5, 5.41) is 9.27. The summed E-state index contributed by atoms with van der Waals surface area (Å²) < 4.78 is 15.3. The number of ether oxygens (including phenoxy) is 3. The number of rotatable bonds is 8. The number of nitrogens with zero attached hydrogens (tertiary/aromatic N) is 1. The minimum atomic E-state index is -0.853. The van der Waals surface area contributed by atoms with E-state index in [1.165, 1.54) is 26.4 Å². The number of benzene rings is 2. The van der Waals surface area contributed by atoms with Crippen molar-refractivity contribution in [3.63, 3.8) is 0 Å². The van der Waals surface area contributed by atoms with Gasteiger partial charge in [-0.2, -0.15) is 5.26 Å². The van der Waals surface area contributed by atoms with E-state index in [1.807, 2.05) is 30.3 Å². The molecule has 0 bridgehead atoms. The van der Waals surface area contributed by atoms with E-state index in [4.69, 9.17) is 14.2 Å². The largest absolute Gasteiger partial charge is 0.493 e. The average Bonchev–Trinajstić information content (AvgIpc) is 2.75. The van der Waals surface area contributed by atoms with E-state index in [1.54, 1.807) is 12.1 Å². The highest BCUT2D eigenvalue weighted by molar-refractivity contribution is 6.02. The van der Waals surface area contributed by atoms with Crippen LogP contribution in [0.15, 0.2) is 48.0 Å². The topological polar surface area (TPSA) is 85.6 Å². The number of carbonyl (C=O) groups excluding carboxylic acids is 2. The van der Waals surface area contributed by atoms with E-state index in [0.717, 1.165) is 5.56 Å². The molecule has 0 saturated heterocycles. The number of hydrogen-bond acceptors (Lipinski definition) is 6. The van der Waals surface area contributed by atoms with E-state index in [9.17, 15) is 14.9 Å². The molecule has 6 heteroatoms. The Balaban J connectivity index is 2.06. The Morgan fingerprint density at radius 3 is 2.24 bits per heavy atom. The summed E-state index contributed by atoms with van der Waals surface area (Å²) in [5.41, 5.74) is 1.99. The zero-order valence-electron chi connectivity index (χ0n) is 16.9. The van der Waals surface area contributed by atoms with Crippen molar-refractivity contribution in [1.82, 2.24) is 0 Å². The highest BCUT2D eigenvalue weighted by atomic mass is 16.5. The zero-order valence-corrected chi connectivity index (χ0v) is 16.9. The molecule has 2 rings (SSSR count). The fourth-order valence-electron chi connectivity index (χ4n) is 2.58. The normalized spacial score (nSPS) is 11.0. The van der Waals surface area contributed by atoms with Crippen LogP contribution in [0.1, 0.15) is 41.3 Å². The van der Waals surface area contributed by atoms with Crippen LogP contribution < -0.4 is 9.47 Å². The summed E-state index contributed by atoms with van der Waals surface area (Å²) >= 11 is 0. The van der Waals surface area contributed by atoms with Crippen LogP contribution in [0.25, 0.3) is 6.08 Å². The number of hydrogen-bond donors (Lipinski definition) is 0. The van der Waals surface area contributed by atoms with Gasteiger partial charge in [0, 0.05) is 5.56 Å². The maximum atomic E-state index is 12.3. The standard InChI is InChI=1S/C23H23NO5/c1-15(2)17-7-5-16(6-8-17)11-19(13-24)23(26)29-14-20(25)18-9-10-21(27-3)22(12-18)28-4/h5-12,15H,14H2,1-4H3/b19-11+. The van der Waals surface area contributed by atoms with Crippen LogP contribution >= 0.6 is 0 Å². The van der Waals surface area contributed by atoms with Crippen molar-refractivity contribution in [2.24, 2.45) is 0 Å². The van der Waals surface area contributed by atoms with Gasteiger partial charge in [-0.1, -0.05) is 38.1 Å². The maximum Gasteiger partial charge on any atom is 0.349 e. The van der Waals surface area contributed by atoms with Gasteiger partial charge in [-0.3, -0.25) is 4.79 Å². The lowest BCUT2D eigenvalue weighted by Crippen LogP contribution is -2.15. The molecular formula is C23H23NO5. The number of methoxy groups -OCH3 is 2. The van der Waals surface area contributed by atoms with Crippen LogP contribution in [-0.4, -0.2) is 32.6 Å². The number of esters is 1. The Morgan fingerprint density at radius 2 is 1.69 bits per heavy atom. The van der Waals surface area contributed by atoms with Gasteiger partial charge in [0.25, 0.3) is 0 Å². The highest BCUT2D eigenvalue weighted by Crippen LogP contribution is 2.27. The molecule has 0 atom stereocenters. The van der Waals surface area contributed by atoms with Gasteiger partial charge < -0.3 is 14.2 Å². The van der Waals surface area contributed by atoms with E-state index in [0.29, 0.717) is 28.5 Å². The second-order valence-corrected chi connectivity index (χ2v) is 6.56. The lowest BCUT2D eigenvalue weighted by Gasteiger charge is -2.09. The molecule has 0 aromatic heterocycles. The van der Waals surface area contributed by atoms with Crippen molar-refractivity contribution in [3.8, 4) is 17.6 Å². The Labute approximate surface area is 170 Å². The van der Waals surface area contributed by atoms with E-state index in [2.05, 4.69) is 13.8 Å². The first kappa shape index (κ1) is 21.7. The molecule has 2 aromatic carbocycles. The van der Waals surface area contributed by atoms with Crippen molar-refractivity contribution >= 4 is 17.8 Å². The average molecular weight is 393 g/mol. The summed E-state index contributed by atoms with van der Waals surface area (Å²) in [6, 6.07) is 14.0. The maximum absolute atomic E-state index is 12.3. The molecule has 0 heterocycles. The van der Waals surface area contributed by atoms with Gasteiger partial charge in [-0.05, 0) is 41.3 Å². The first-order valence-electron chi connectivity index (χ1n) is 9.03. The summed E-state index contributed by atoms with van der Waals surface area (Å²) in [6.07, 6.45) is 1.44. The minimum Gasteiger partial charge on any atom is -0.493 e. The smallest absolute Gasteiger partial charge is 0.349 e. The third-order valence-electron chi connectivity index (χ3n) is 4.29. The van der Waals surface area contributed by atoms with Gasteiger partial charge in [-0.25, -0.2) is 4.79 Å². The van der Waals surface area contributed by atoms with Crippen molar-refractivity contribution in [2.45, 2.75) is 19.8 Å². The van der Waals surface area contributed by atoms with Gasteiger partial charge >= 0.3 is 5.97 Å². The SMILES string of the molecule is COc1ccc(C(=O)COC(=O)/C(C#N)=C/c2ccc(C(C)C)cc2)cc1OC. The number of carbonyl (C=O) groups is 2. The van der Waals surface area contributed by atoms with Crippen LogP contribution in [0.2, 0.25) is 0 Å². The molecule has 6 nitrogen and oxygen atoms in total. The molecule has 0 aliphatic carbocycles. The number of Topliss-reactive ketones (excluding diaryl/α,β-unsaturated/α-hetero) is 1. The second-order valence-electron chi connectivity index (χ2n) is 6.56. The molecule has 0 spiro atoms. The number of ketones is 1. The van der Waals surface area contributed by atoms with Crippen molar-refractivity contribution in [3.05, 3.63) is 64.7 Å². The molecule has 0 fully saturated rings. The summed E-state index contributed by atoms with van der Waals surface area (Å²) in [5.74, 6) is -0.00507. The lowest BCUT2D eigenvalue weighted by atomic mass is 10.0. The summed E-state index contributed by atoms with van der Waals surface area (Å²) in [7, 11) is 2.96. The molecule has 150 valence electrons. The van der Waals surface area contributed by atoms with Crippen LogP contribution in [0.5, 0.6) is 11.5 Å². The predicted molar refractivity (Wildman–Crippen MR) is 109 cm³/mol. The molecule has 2 aromatic rings. The fourth-order valence-corrected chi connectivity index (χ4v) is 2.58. The van der Waals surface area contributed by atoms with Crippen LogP contribution in [0.4, 0.5) is 0 Å². The molecule has 0 aliphatic rings. The Morgan fingerprint density at radius 1 is 1.03 bits per heavy atom. The first-order valence-corrected chi connectivity index (χ1v) is 9.03. The van der Waals surface area contributed by atoms with Crippen LogP contribution in [0, 0.1) is 11.3 Å². The number of nitriles is 1. The minimum absolute atomic E-state index is 0.178. The van der Waals surface area contributed by atoms with Crippen LogP contribution in [0.3, 0.4) is 0 Å². The zero-order chi connectivity index (χ0) is 21.4. The molecule has 0 N–H and O–H groups in total. The monoisotopic (exact) mass is 393 g/mol. The van der Waals surface area contributed by atoms with E-state index >= 15 is 0 Å². The van der Waals surface area contributed by atoms with E-state index < -0.39 is 18.4 Å². The molecule has 0 unspecified atom stereocenters. The molecule has 0 amide bonds. The molecule has 0 radical (unpaired) electrons. The van der Waals surface area contributed by atoms with Crippen LogP contribution in [-0.2, 0) is 9.53 Å². The predicted octanol–water partition coefficient (Wildman–Crippen LogP) is 4.16. The first-order chi connectivity index (χ1) is 13.9. The van der Waals surface area contributed by atoms with E-state index in [-0.39, 0.29) is 5.57 Å². The highest BCUT2D eigenvalue weighted by Gasteiger charge is 2.16. The van der Waals surface area contributed by atoms with Gasteiger partial charge in [0.05, 0.1) is 14.2 Å². The molecule has 0 aliphatic heterocycles. The lowest BCUT2D eigenvalue weighted by molar-refractivity contribution is -0.137. The van der Waals surface area contributed by atoms with Crippen molar-refractivity contribution in [2.75, 3.05) is 20.8 Å². The Bertz CT molecular complexity index is 952. The Hall–Kier alpha value is -3.59.